The lowest BCUT2D eigenvalue weighted by Crippen LogP contribution is -2.07. The number of aliphatic carboxylic acids is 1. The van der Waals surface area contributed by atoms with Crippen LogP contribution < -0.4 is 0 Å². The Labute approximate surface area is 101 Å². The molecule has 3 nitrogen and oxygen atoms in total. The van der Waals surface area contributed by atoms with Crippen LogP contribution in [0.1, 0.15) is 43.7 Å². The summed E-state index contributed by atoms with van der Waals surface area (Å²) in [5, 5.41) is 8.46. The summed E-state index contributed by atoms with van der Waals surface area (Å²) in [7, 11) is 0. The Bertz CT molecular complexity index is 390. The largest absolute Gasteiger partial charge is 0.481 e. The molecule has 0 atom stereocenters. The molecular weight excluding hydrogens is 216 g/mol. The van der Waals surface area contributed by atoms with E-state index >= 15 is 0 Å². The van der Waals surface area contributed by atoms with Crippen LogP contribution in [0.5, 0.6) is 0 Å². The van der Waals surface area contributed by atoms with Crippen molar-refractivity contribution in [1.82, 2.24) is 0 Å². The second-order valence-corrected chi connectivity index (χ2v) is 4.51. The van der Waals surface area contributed by atoms with Gasteiger partial charge in [-0.05, 0) is 23.5 Å². The number of aryl methyl sites for hydroxylation is 1. The molecule has 3 heteroatoms. The zero-order chi connectivity index (χ0) is 12.8. The van der Waals surface area contributed by atoms with Crippen LogP contribution in [-0.4, -0.2) is 16.9 Å². The quantitative estimate of drug-likeness (QED) is 0.770. The number of rotatable bonds is 6. The van der Waals surface area contributed by atoms with Crippen molar-refractivity contribution in [3.63, 3.8) is 0 Å². The summed E-state index contributed by atoms with van der Waals surface area (Å²) in [6.45, 7) is 4.26. The van der Waals surface area contributed by atoms with Gasteiger partial charge in [0.2, 0.25) is 0 Å². The van der Waals surface area contributed by atoms with Crippen molar-refractivity contribution in [2.45, 2.75) is 39.0 Å². The van der Waals surface area contributed by atoms with E-state index in [0.717, 1.165) is 5.56 Å². The van der Waals surface area contributed by atoms with Gasteiger partial charge in [-0.25, -0.2) is 0 Å². The van der Waals surface area contributed by atoms with Crippen molar-refractivity contribution in [3.8, 4) is 0 Å². The molecule has 0 spiro atoms. The second kappa shape index (κ2) is 6.18. The van der Waals surface area contributed by atoms with Gasteiger partial charge in [0.25, 0.3) is 0 Å². The summed E-state index contributed by atoms with van der Waals surface area (Å²) >= 11 is 0. The number of carbonyl (C=O) groups is 2. The number of benzene rings is 1. The number of hydrogen-bond acceptors (Lipinski definition) is 2. The Kier molecular flexibility index (Phi) is 4.88. The Hall–Kier alpha value is -1.64. The topological polar surface area (TPSA) is 54.4 Å². The summed E-state index contributed by atoms with van der Waals surface area (Å²) in [5.74, 6) is -0.770. The van der Waals surface area contributed by atoms with Crippen LogP contribution >= 0.6 is 0 Å². The Morgan fingerprint density at radius 3 is 2.24 bits per heavy atom. The predicted octanol–water partition coefficient (Wildman–Crippen LogP) is 2.79. The van der Waals surface area contributed by atoms with Gasteiger partial charge in [-0.15, -0.1) is 0 Å². The first-order valence-corrected chi connectivity index (χ1v) is 5.81. The summed E-state index contributed by atoms with van der Waals surface area (Å²) in [5.41, 5.74) is 2.35. The number of hydrogen-bond donors (Lipinski definition) is 1. The van der Waals surface area contributed by atoms with Gasteiger partial charge in [0.05, 0.1) is 0 Å². The van der Waals surface area contributed by atoms with E-state index in [4.69, 9.17) is 5.11 Å². The second-order valence-electron chi connectivity index (χ2n) is 4.51. The van der Waals surface area contributed by atoms with E-state index < -0.39 is 5.97 Å². The Balaban J connectivity index is 2.47. The van der Waals surface area contributed by atoms with Crippen LogP contribution in [0.4, 0.5) is 0 Å². The molecule has 0 unspecified atom stereocenters. The lowest BCUT2D eigenvalue weighted by Gasteiger charge is -2.06. The zero-order valence-corrected chi connectivity index (χ0v) is 10.3. The molecule has 1 aromatic rings. The summed E-state index contributed by atoms with van der Waals surface area (Å²) < 4.78 is 0. The number of carbonyl (C=O) groups excluding carboxylic acids is 1. The maximum atomic E-state index is 11.2. The van der Waals surface area contributed by atoms with E-state index in [1.807, 2.05) is 12.1 Å². The molecule has 1 N–H and O–H groups in total. The van der Waals surface area contributed by atoms with E-state index in [9.17, 15) is 9.59 Å². The maximum Gasteiger partial charge on any atom is 0.310 e. The lowest BCUT2D eigenvalue weighted by atomic mass is 9.99. The molecule has 0 saturated carbocycles. The molecule has 92 valence electrons. The monoisotopic (exact) mass is 234 g/mol. The van der Waals surface area contributed by atoms with E-state index in [0.29, 0.717) is 18.8 Å². The van der Waals surface area contributed by atoms with Crippen molar-refractivity contribution in [2.75, 3.05) is 0 Å². The highest BCUT2D eigenvalue weighted by atomic mass is 16.4. The Morgan fingerprint density at radius 2 is 1.76 bits per heavy atom. The fourth-order valence-electron chi connectivity index (χ4n) is 1.61. The minimum absolute atomic E-state index is 0.217. The molecule has 0 aliphatic heterocycles. The molecule has 17 heavy (non-hydrogen) atoms. The van der Waals surface area contributed by atoms with E-state index in [1.165, 1.54) is 5.56 Å². The molecule has 0 saturated heterocycles. The van der Waals surface area contributed by atoms with Crippen LogP contribution in [0.2, 0.25) is 0 Å². The first-order valence-electron chi connectivity index (χ1n) is 5.81. The average Bonchev–Trinajstić information content (AvgIpc) is 2.26. The van der Waals surface area contributed by atoms with Crippen LogP contribution in [0.25, 0.3) is 0 Å². The zero-order valence-electron chi connectivity index (χ0n) is 10.3. The summed E-state index contributed by atoms with van der Waals surface area (Å²) in [4.78, 5) is 21.5. The average molecular weight is 234 g/mol. The molecule has 0 heterocycles. The summed E-state index contributed by atoms with van der Waals surface area (Å²) in [6.07, 6.45) is 0.544. The van der Waals surface area contributed by atoms with Crippen LogP contribution in [0, 0.1) is 0 Å². The number of Topliss-reactive ketones (excluding diaryl/α,β-unsaturated/α-hetero) is 1. The van der Waals surface area contributed by atoms with E-state index in [1.54, 1.807) is 0 Å². The van der Waals surface area contributed by atoms with Crippen LogP contribution in [-0.2, 0) is 16.0 Å². The highest BCUT2D eigenvalue weighted by molar-refractivity contribution is 5.94. The van der Waals surface area contributed by atoms with Crippen molar-refractivity contribution < 1.29 is 14.7 Å². The highest BCUT2D eigenvalue weighted by Crippen LogP contribution is 2.15. The SMILES string of the molecule is CC(C)c1ccc(CCC(=O)CC(=O)O)cc1. The third-order valence-electron chi connectivity index (χ3n) is 2.69. The normalized spacial score (nSPS) is 10.5. The predicted molar refractivity (Wildman–Crippen MR) is 66.1 cm³/mol. The van der Waals surface area contributed by atoms with Gasteiger partial charge >= 0.3 is 5.97 Å². The molecule has 1 rings (SSSR count). The number of carboxylic acid groups (broad SMARTS) is 1. The van der Waals surface area contributed by atoms with E-state index in [-0.39, 0.29) is 12.2 Å². The standard InChI is InChI=1S/C14H18O3/c1-10(2)12-6-3-11(4-7-12)5-8-13(15)9-14(16)17/h3-4,6-7,10H,5,8-9H2,1-2H3,(H,16,17). The first kappa shape index (κ1) is 13.4. The van der Waals surface area contributed by atoms with Gasteiger partial charge in [-0.1, -0.05) is 38.1 Å². The van der Waals surface area contributed by atoms with Crippen molar-refractivity contribution in [1.29, 1.82) is 0 Å². The van der Waals surface area contributed by atoms with Gasteiger partial charge in [-0.2, -0.15) is 0 Å². The third kappa shape index (κ3) is 4.81. The lowest BCUT2D eigenvalue weighted by molar-refractivity contribution is -0.140. The molecule has 0 aliphatic carbocycles. The van der Waals surface area contributed by atoms with Gasteiger partial charge in [0.1, 0.15) is 12.2 Å². The molecule has 0 radical (unpaired) electrons. The molecule has 0 amide bonds. The van der Waals surface area contributed by atoms with E-state index in [2.05, 4.69) is 26.0 Å². The smallest absolute Gasteiger partial charge is 0.310 e. The third-order valence-corrected chi connectivity index (χ3v) is 2.69. The Morgan fingerprint density at radius 1 is 1.18 bits per heavy atom. The van der Waals surface area contributed by atoms with Gasteiger partial charge < -0.3 is 5.11 Å². The van der Waals surface area contributed by atoms with Gasteiger partial charge in [-0.3, -0.25) is 9.59 Å². The highest BCUT2D eigenvalue weighted by Gasteiger charge is 2.07. The van der Waals surface area contributed by atoms with Gasteiger partial charge in [0.15, 0.2) is 0 Å². The number of carboxylic acids is 1. The van der Waals surface area contributed by atoms with Crippen molar-refractivity contribution >= 4 is 11.8 Å². The molecular formula is C14H18O3. The minimum Gasteiger partial charge on any atom is -0.481 e. The van der Waals surface area contributed by atoms with Crippen molar-refractivity contribution in [2.24, 2.45) is 0 Å². The van der Waals surface area contributed by atoms with Gasteiger partial charge in [0, 0.05) is 6.42 Å². The fourth-order valence-corrected chi connectivity index (χ4v) is 1.61. The van der Waals surface area contributed by atoms with Crippen LogP contribution in [0.15, 0.2) is 24.3 Å². The summed E-state index contributed by atoms with van der Waals surface area (Å²) in [6, 6.07) is 8.12. The fraction of sp³-hybridized carbons (Fsp3) is 0.429. The molecule has 0 fully saturated rings. The molecule has 1 aromatic carbocycles. The minimum atomic E-state index is -1.05. The molecule has 0 aliphatic rings. The molecule has 0 bridgehead atoms. The first-order chi connectivity index (χ1) is 7.99. The maximum absolute atomic E-state index is 11.2. The molecule has 0 aromatic heterocycles. The van der Waals surface area contributed by atoms with Crippen LogP contribution in [0.3, 0.4) is 0 Å². The number of ketones is 1. The van der Waals surface area contributed by atoms with Crippen molar-refractivity contribution in [3.05, 3.63) is 35.4 Å².